The van der Waals surface area contributed by atoms with Crippen LogP contribution in [0.2, 0.25) is 0 Å². The third-order valence-corrected chi connectivity index (χ3v) is 5.21. The standard InChI is InChI=1S/C20H25N3O4/c1-11-7-9-12(10-8-11)21-15-16(19(26)18(15)25)22-14-6-4-5-13(17(14)24)20(27)23(2)3/h4-6,11-12,21-22,24H,7-10H2,1-3H3. The molecule has 0 spiro atoms. The van der Waals surface area contributed by atoms with Crippen molar-refractivity contribution in [3.8, 4) is 5.75 Å². The fourth-order valence-corrected chi connectivity index (χ4v) is 3.45. The lowest BCUT2D eigenvalue weighted by Gasteiger charge is -2.28. The minimum Gasteiger partial charge on any atom is -0.505 e. The molecule has 144 valence electrons. The second kappa shape index (κ2) is 7.42. The van der Waals surface area contributed by atoms with E-state index in [-0.39, 0.29) is 40.3 Å². The molecule has 27 heavy (non-hydrogen) atoms. The number of nitrogens with zero attached hydrogens (tertiary/aromatic N) is 1. The molecule has 0 unspecified atom stereocenters. The topological polar surface area (TPSA) is 98.7 Å². The van der Waals surface area contributed by atoms with Gasteiger partial charge in [-0.3, -0.25) is 14.4 Å². The molecule has 7 heteroatoms. The number of aromatic hydroxyl groups is 1. The molecule has 0 radical (unpaired) electrons. The van der Waals surface area contributed by atoms with Gasteiger partial charge in [0.25, 0.3) is 16.8 Å². The summed E-state index contributed by atoms with van der Waals surface area (Å²) in [7, 11) is 3.18. The Kier molecular flexibility index (Phi) is 5.21. The normalized spacial score (nSPS) is 19.7. The van der Waals surface area contributed by atoms with Crippen molar-refractivity contribution in [1.82, 2.24) is 4.90 Å². The molecule has 7 nitrogen and oxygen atoms in total. The molecular weight excluding hydrogens is 346 g/mol. The van der Waals surface area contributed by atoms with Gasteiger partial charge in [-0.05, 0) is 43.7 Å². The largest absolute Gasteiger partial charge is 0.505 e. The summed E-state index contributed by atoms with van der Waals surface area (Å²) in [5, 5.41) is 16.4. The van der Waals surface area contributed by atoms with Crippen LogP contribution in [-0.2, 0) is 0 Å². The van der Waals surface area contributed by atoms with Crippen LogP contribution in [0.15, 0.2) is 27.8 Å². The van der Waals surface area contributed by atoms with Crippen molar-refractivity contribution in [3.05, 3.63) is 44.2 Å². The van der Waals surface area contributed by atoms with Crippen LogP contribution in [-0.4, -0.2) is 36.1 Å². The summed E-state index contributed by atoms with van der Waals surface area (Å²) >= 11 is 0. The van der Waals surface area contributed by atoms with Gasteiger partial charge < -0.3 is 20.6 Å². The molecular formula is C20H25N3O4. The van der Waals surface area contributed by atoms with Crippen molar-refractivity contribution in [2.45, 2.75) is 38.6 Å². The molecule has 1 saturated carbocycles. The first-order chi connectivity index (χ1) is 12.8. The van der Waals surface area contributed by atoms with Crippen LogP contribution in [0.1, 0.15) is 43.0 Å². The van der Waals surface area contributed by atoms with Crippen molar-refractivity contribution in [2.24, 2.45) is 5.92 Å². The predicted molar refractivity (Wildman–Crippen MR) is 106 cm³/mol. The van der Waals surface area contributed by atoms with E-state index >= 15 is 0 Å². The highest BCUT2D eigenvalue weighted by Crippen LogP contribution is 2.33. The van der Waals surface area contributed by atoms with E-state index < -0.39 is 10.9 Å². The highest BCUT2D eigenvalue weighted by atomic mass is 16.3. The SMILES string of the molecule is CC1CCC(Nc2c(Nc3cccc(C(=O)N(C)C)c3O)c(=O)c2=O)CC1. The summed E-state index contributed by atoms with van der Waals surface area (Å²) in [4.78, 5) is 37.6. The van der Waals surface area contributed by atoms with Crippen LogP contribution < -0.4 is 21.5 Å². The summed E-state index contributed by atoms with van der Waals surface area (Å²) in [5.41, 5.74) is -0.414. The molecule has 0 atom stereocenters. The molecule has 0 aromatic heterocycles. The van der Waals surface area contributed by atoms with E-state index in [1.807, 2.05) is 0 Å². The number of phenolic OH excluding ortho intramolecular Hbond substituents is 1. The third-order valence-electron chi connectivity index (χ3n) is 5.21. The van der Waals surface area contributed by atoms with E-state index in [0.29, 0.717) is 5.92 Å². The maximum absolute atomic E-state index is 12.1. The average Bonchev–Trinajstić information content (AvgIpc) is 2.66. The summed E-state index contributed by atoms with van der Waals surface area (Å²) in [6.45, 7) is 2.21. The number of carbonyl (C=O) groups excluding carboxylic acids is 1. The fourth-order valence-electron chi connectivity index (χ4n) is 3.45. The Balaban J connectivity index is 1.82. The molecule has 2 aromatic rings. The second-order valence-corrected chi connectivity index (χ2v) is 7.54. The van der Waals surface area contributed by atoms with Crippen molar-refractivity contribution in [2.75, 3.05) is 24.7 Å². The predicted octanol–water partition coefficient (Wildman–Crippen LogP) is 2.42. The zero-order valence-electron chi connectivity index (χ0n) is 15.8. The van der Waals surface area contributed by atoms with Gasteiger partial charge in [-0.2, -0.15) is 0 Å². The van der Waals surface area contributed by atoms with Crippen LogP contribution in [0.3, 0.4) is 0 Å². The molecule has 3 rings (SSSR count). The van der Waals surface area contributed by atoms with Crippen molar-refractivity contribution in [3.63, 3.8) is 0 Å². The lowest BCUT2D eigenvalue weighted by molar-refractivity contribution is 0.0824. The summed E-state index contributed by atoms with van der Waals surface area (Å²) in [6.07, 6.45) is 4.09. The summed E-state index contributed by atoms with van der Waals surface area (Å²) in [5.74, 6) is 0.0831. The Bertz CT molecular complexity index is 920. The molecule has 3 N–H and O–H groups in total. The van der Waals surface area contributed by atoms with E-state index in [0.717, 1.165) is 25.7 Å². The molecule has 1 amide bonds. The van der Waals surface area contributed by atoms with Gasteiger partial charge in [-0.15, -0.1) is 0 Å². The van der Waals surface area contributed by atoms with Gasteiger partial charge >= 0.3 is 0 Å². The van der Waals surface area contributed by atoms with Crippen LogP contribution in [0, 0.1) is 5.92 Å². The number of phenols is 1. The maximum atomic E-state index is 12.1. The molecule has 2 aromatic carbocycles. The number of hydrogen-bond donors (Lipinski definition) is 3. The summed E-state index contributed by atoms with van der Waals surface area (Å²) in [6, 6.07) is 4.85. The van der Waals surface area contributed by atoms with Crippen molar-refractivity contribution in [1.29, 1.82) is 0 Å². The first kappa shape index (κ1) is 18.9. The van der Waals surface area contributed by atoms with E-state index in [4.69, 9.17) is 0 Å². The number of amides is 1. The Morgan fingerprint density at radius 2 is 1.70 bits per heavy atom. The van der Waals surface area contributed by atoms with E-state index in [1.165, 1.54) is 11.0 Å². The van der Waals surface area contributed by atoms with Gasteiger partial charge in [0.1, 0.15) is 11.4 Å². The van der Waals surface area contributed by atoms with Crippen LogP contribution in [0.4, 0.5) is 17.1 Å². The molecule has 1 fully saturated rings. The Hall–Kier alpha value is -2.83. The number of hydrogen-bond acceptors (Lipinski definition) is 6. The quantitative estimate of drug-likeness (QED) is 0.551. The van der Waals surface area contributed by atoms with Crippen LogP contribution in [0.25, 0.3) is 0 Å². The number of benzene rings is 1. The van der Waals surface area contributed by atoms with Gasteiger partial charge in [0, 0.05) is 20.1 Å². The molecule has 1 aliphatic carbocycles. The number of rotatable bonds is 5. The van der Waals surface area contributed by atoms with Gasteiger partial charge in [0.05, 0.1) is 11.3 Å². The van der Waals surface area contributed by atoms with E-state index in [1.54, 1.807) is 26.2 Å². The monoisotopic (exact) mass is 371 g/mol. The molecule has 0 aliphatic heterocycles. The highest BCUT2D eigenvalue weighted by Gasteiger charge is 2.26. The zero-order chi connectivity index (χ0) is 19.7. The van der Waals surface area contributed by atoms with Crippen molar-refractivity contribution < 1.29 is 9.90 Å². The maximum Gasteiger partial charge on any atom is 0.257 e. The molecule has 0 heterocycles. The smallest absolute Gasteiger partial charge is 0.257 e. The minimum absolute atomic E-state index is 0.125. The zero-order valence-corrected chi connectivity index (χ0v) is 15.8. The van der Waals surface area contributed by atoms with Gasteiger partial charge in [-0.25, -0.2) is 0 Å². The Morgan fingerprint density at radius 3 is 2.33 bits per heavy atom. The first-order valence-electron chi connectivity index (χ1n) is 9.20. The highest BCUT2D eigenvalue weighted by molar-refractivity contribution is 5.99. The number of carbonyl (C=O) groups is 1. The van der Waals surface area contributed by atoms with Crippen LogP contribution >= 0.6 is 0 Å². The molecule has 1 aliphatic rings. The third kappa shape index (κ3) is 3.67. The van der Waals surface area contributed by atoms with Gasteiger partial charge in [0.2, 0.25) is 0 Å². The fraction of sp³-hybridized carbons (Fsp3) is 0.450. The molecule has 0 bridgehead atoms. The van der Waals surface area contributed by atoms with Gasteiger partial charge in [0.15, 0.2) is 5.75 Å². The second-order valence-electron chi connectivity index (χ2n) is 7.54. The molecule has 0 saturated heterocycles. The number of para-hydroxylation sites is 1. The summed E-state index contributed by atoms with van der Waals surface area (Å²) < 4.78 is 0. The lowest BCUT2D eigenvalue weighted by atomic mass is 9.87. The number of nitrogens with one attached hydrogen (secondary N) is 2. The van der Waals surface area contributed by atoms with Crippen molar-refractivity contribution >= 4 is 23.0 Å². The Morgan fingerprint density at radius 1 is 1.07 bits per heavy atom. The van der Waals surface area contributed by atoms with E-state index in [9.17, 15) is 19.5 Å². The first-order valence-corrected chi connectivity index (χ1v) is 9.20. The van der Waals surface area contributed by atoms with Crippen LogP contribution in [0.5, 0.6) is 5.75 Å². The minimum atomic E-state index is -0.620. The van der Waals surface area contributed by atoms with Gasteiger partial charge in [-0.1, -0.05) is 13.0 Å². The van der Waals surface area contributed by atoms with E-state index in [2.05, 4.69) is 17.6 Å². The lowest BCUT2D eigenvalue weighted by Crippen LogP contribution is -2.39. The average molecular weight is 371 g/mol. The Labute approximate surface area is 157 Å². The number of anilines is 3.